The highest BCUT2D eigenvalue weighted by molar-refractivity contribution is 7.21. The van der Waals surface area contributed by atoms with Gasteiger partial charge < -0.3 is 0 Å². The van der Waals surface area contributed by atoms with E-state index in [0.29, 0.717) is 7.48 Å². The first-order valence-corrected chi connectivity index (χ1v) is 4.19. The van der Waals surface area contributed by atoms with Crippen molar-refractivity contribution in [3.8, 4) is 0 Å². The second-order valence-electron chi connectivity index (χ2n) is 2.06. The minimum atomic E-state index is 0.307. The van der Waals surface area contributed by atoms with Crippen LogP contribution in [0.4, 0.5) is 0 Å². The first-order valence-electron chi connectivity index (χ1n) is 3.37. The molecule has 0 aliphatic rings. The summed E-state index contributed by atoms with van der Waals surface area (Å²) in [6.07, 6.45) is 1.03. The maximum absolute atomic E-state index is 7.87. The molecule has 0 unspecified atom stereocenters. The summed E-state index contributed by atoms with van der Waals surface area (Å²) in [5.74, 6) is 0. The van der Waals surface area contributed by atoms with Crippen molar-refractivity contribution < 1.29 is 15.1 Å². The lowest BCUT2D eigenvalue weighted by Gasteiger charge is -1.90. The molecule has 5 heteroatoms. The van der Waals surface area contributed by atoms with E-state index in [-0.39, 0.29) is 0 Å². The molecule has 0 aliphatic carbocycles. The summed E-state index contributed by atoms with van der Waals surface area (Å²) < 4.78 is 1.05. The molecule has 1 aromatic heterocycles. The smallest absolute Gasteiger partial charge is 0.273 e. The molecule has 0 saturated heterocycles. The number of rotatable bonds is 4. The standard InChI is InChI=1S/C6H9BO3S/c1-2-5-3-4-6(11-5)7-9-10-8/h3-4,7-8H,2H2,1H3. The van der Waals surface area contributed by atoms with Gasteiger partial charge in [-0.3, -0.25) is 4.81 Å². The summed E-state index contributed by atoms with van der Waals surface area (Å²) >= 11 is 1.66. The van der Waals surface area contributed by atoms with Crippen molar-refractivity contribution in [2.45, 2.75) is 13.3 Å². The zero-order chi connectivity index (χ0) is 8.10. The van der Waals surface area contributed by atoms with Gasteiger partial charge in [-0.1, -0.05) is 18.0 Å². The van der Waals surface area contributed by atoms with Gasteiger partial charge in [0.1, 0.15) is 0 Å². The van der Waals surface area contributed by atoms with Crippen LogP contribution in [0.25, 0.3) is 0 Å². The molecule has 0 radical (unpaired) electrons. The molecular formula is C6H9BO3S. The van der Waals surface area contributed by atoms with Gasteiger partial charge in [-0.2, -0.15) is 11.3 Å². The average Bonchev–Trinajstić information content (AvgIpc) is 2.48. The summed E-state index contributed by atoms with van der Waals surface area (Å²) in [7, 11) is 0.307. The molecule has 1 aromatic rings. The van der Waals surface area contributed by atoms with Crippen molar-refractivity contribution in [2.24, 2.45) is 0 Å². The minimum absolute atomic E-state index is 0.307. The summed E-state index contributed by atoms with van der Waals surface area (Å²) in [5.41, 5.74) is 0. The van der Waals surface area contributed by atoms with Gasteiger partial charge in [0, 0.05) is 9.65 Å². The minimum Gasteiger partial charge on any atom is -0.273 e. The van der Waals surface area contributed by atoms with E-state index in [0.717, 1.165) is 11.2 Å². The molecule has 0 atom stereocenters. The number of aryl methyl sites for hydroxylation is 1. The molecule has 0 aromatic carbocycles. The Hall–Kier alpha value is -0.355. The van der Waals surface area contributed by atoms with Crippen LogP contribution >= 0.6 is 11.3 Å². The highest BCUT2D eigenvalue weighted by Gasteiger charge is 2.01. The Labute approximate surface area is 69.7 Å². The van der Waals surface area contributed by atoms with Gasteiger partial charge in [0.2, 0.25) is 0 Å². The van der Waals surface area contributed by atoms with Crippen LogP contribution in [0, 0.1) is 0 Å². The van der Waals surface area contributed by atoms with Crippen molar-refractivity contribution in [1.29, 1.82) is 0 Å². The zero-order valence-corrected chi connectivity index (χ0v) is 7.06. The first-order chi connectivity index (χ1) is 5.36. The fourth-order valence-corrected chi connectivity index (χ4v) is 1.63. The van der Waals surface area contributed by atoms with E-state index >= 15 is 0 Å². The van der Waals surface area contributed by atoms with Gasteiger partial charge in [-0.05, 0) is 12.5 Å². The molecule has 0 bridgehead atoms. The molecular weight excluding hydrogens is 163 g/mol. The largest absolute Gasteiger partial charge is 0.370 e. The Morgan fingerprint density at radius 3 is 3.00 bits per heavy atom. The lowest BCUT2D eigenvalue weighted by molar-refractivity contribution is -0.441. The molecule has 1 rings (SSSR count). The fraction of sp³-hybridized carbons (Fsp3) is 0.333. The van der Waals surface area contributed by atoms with Crippen molar-refractivity contribution in [2.75, 3.05) is 0 Å². The molecule has 0 amide bonds. The second-order valence-corrected chi connectivity index (χ2v) is 3.31. The van der Waals surface area contributed by atoms with Crippen LogP contribution in [0.3, 0.4) is 0 Å². The molecule has 0 aliphatic heterocycles. The monoisotopic (exact) mass is 172 g/mol. The van der Waals surface area contributed by atoms with Gasteiger partial charge in [-0.15, -0.1) is 0 Å². The molecule has 0 saturated carbocycles. The normalized spacial score (nSPS) is 10.0. The third-order valence-electron chi connectivity index (χ3n) is 1.32. The van der Waals surface area contributed by atoms with Crippen molar-refractivity contribution in [3.63, 3.8) is 0 Å². The Morgan fingerprint density at radius 2 is 2.45 bits per heavy atom. The predicted molar refractivity (Wildman–Crippen MR) is 45.3 cm³/mol. The Balaban J connectivity index is 2.44. The lowest BCUT2D eigenvalue weighted by Crippen LogP contribution is -2.12. The molecule has 1 heterocycles. The Bertz CT molecular complexity index is 213. The second kappa shape index (κ2) is 4.51. The maximum Gasteiger partial charge on any atom is 0.370 e. The van der Waals surface area contributed by atoms with Crippen LogP contribution in [-0.4, -0.2) is 12.7 Å². The fourth-order valence-electron chi connectivity index (χ4n) is 0.774. The number of thiophene rings is 1. The van der Waals surface area contributed by atoms with Crippen molar-refractivity contribution in [3.05, 3.63) is 17.0 Å². The highest BCUT2D eigenvalue weighted by atomic mass is 32.1. The van der Waals surface area contributed by atoms with E-state index < -0.39 is 0 Å². The summed E-state index contributed by atoms with van der Waals surface area (Å²) in [6, 6.07) is 4.00. The maximum atomic E-state index is 7.87. The summed E-state index contributed by atoms with van der Waals surface area (Å²) in [4.78, 5) is 5.65. The Kier molecular flexibility index (Phi) is 3.58. The van der Waals surface area contributed by atoms with E-state index in [1.165, 1.54) is 4.88 Å². The lowest BCUT2D eigenvalue weighted by atomic mass is 10.0. The van der Waals surface area contributed by atoms with Gasteiger partial charge in [0.25, 0.3) is 0 Å². The SMILES string of the molecule is CCc1ccc(BOOO)s1. The van der Waals surface area contributed by atoms with Crippen molar-refractivity contribution in [1.82, 2.24) is 0 Å². The Morgan fingerprint density at radius 1 is 1.64 bits per heavy atom. The molecule has 0 fully saturated rings. The van der Waals surface area contributed by atoms with Gasteiger partial charge in [0.15, 0.2) is 0 Å². The van der Waals surface area contributed by atoms with Crippen LogP contribution in [0.1, 0.15) is 11.8 Å². The summed E-state index contributed by atoms with van der Waals surface area (Å²) in [6.45, 7) is 2.10. The molecule has 1 N–H and O–H groups in total. The quantitative estimate of drug-likeness (QED) is 0.413. The number of hydrogen-bond acceptors (Lipinski definition) is 4. The molecule has 60 valence electrons. The van der Waals surface area contributed by atoms with E-state index in [2.05, 4.69) is 16.8 Å². The van der Waals surface area contributed by atoms with E-state index in [9.17, 15) is 0 Å². The molecule has 11 heavy (non-hydrogen) atoms. The third-order valence-corrected chi connectivity index (χ3v) is 2.52. The molecule has 0 spiro atoms. The average molecular weight is 172 g/mol. The van der Waals surface area contributed by atoms with Gasteiger partial charge >= 0.3 is 7.48 Å². The third kappa shape index (κ3) is 2.63. The van der Waals surface area contributed by atoms with Crippen LogP contribution in [0.2, 0.25) is 0 Å². The first kappa shape index (κ1) is 8.74. The van der Waals surface area contributed by atoms with Gasteiger partial charge in [-0.25, -0.2) is 5.26 Å². The highest BCUT2D eigenvalue weighted by Crippen LogP contribution is 2.05. The summed E-state index contributed by atoms with van der Waals surface area (Å²) in [5, 5.41) is 11.4. The van der Waals surface area contributed by atoms with E-state index in [1.807, 2.05) is 12.1 Å². The molecule has 3 nitrogen and oxygen atoms in total. The zero-order valence-electron chi connectivity index (χ0n) is 6.24. The van der Waals surface area contributed by atoms with Crippen LogP contribution in [0.15, 0.2) is 12.1 Å². The van der Waals surface area contributed by atoms with Crippen molar-refractivity contribution >= 4 is 23.6 Å². The number of hydrogen-bond donors (Lipinski definition) is 1. The van der Waals surface area contributed by atoms with E-state index in [1.54, 1.807) is 11.3 Å². The van der Waals surface area contributed by atoms with Gasteiger partial charge in [0.05, 0.1) is 0 Å². The van der Waals surface area contributed by atoms with Crippen LogP contribution in [0.5, 0.6) is 0 Å². The van der Waals surface area contributed by atoms with E-state index in [4.69, 9.17) is 5.26 Å². The van der Waals surface area contributed by atoms with Crippen LogP contribution < -0.4 is 4.78 Å². The van der Waals surface area contributed by atoms with Crippen LogP contribution in [-0.2, 0) is 16.3 Å². The predicted octanol–water partition coefficient (Wildman–Crippen LogP) is 0.708. The topological polar surface area (TPSA) is 38.7 Å².